The number of Topliss-reactive ketones (excluding diaryl/α,β-unsaturated/α-hetero) is 2. The van der Waals surface area contributed by atoms with Crippen LogP contribution < -0.4 is 9.47 Å². The lowest BCUT2D eigenvalue weighted by Gasteiger charge is -2.04. The normalized spacial score (nSPS) is 12.2. The van der Waals surface area contributed by atoms with Crippen LogP contribution in [0.1, 0.15) is 39.3 Å². The fraction of sp³-hybridized carbons (Fsp3) is 0.235. The SMILES string of the molecule is Cc1cccnc1C(=O)CCC(=O)c1ccc2c(c1)OCO2. The smallest absolute Gasteiger partial charge is 0.231 e. The Labute approximate surface area is 127 Å². The number of pyridine rings is 1. The molecule has 1 aromatic carbocycles. The highest BCUT2D eigenvalue weighted by Gasteiger charge is 2.18. The first-order valence-electron chi connectivity index (χ1n) is 7.03. The molecule has 0 aliphatic carbocycles. The van der Waals surface area contributed by atoms with Crippen molar-refractivity contribution in [2.45, 2.75) is 19.8 Å². The molecule has 0 saturated heterocycles. The van der Waals surface area contributed by atoms with E-state index >= 15 is 0 Å². The number of hydrogen-bond acceptors (Lipinski definition) is 5. The highest BCUT2D eigenvalue weighted by Crippen LogP contribution is 2.32. The van der Waals surface area contributed by atoms with Crippen LogP contribution in [0, 0.1) is 6.92 Å². The van der Waals surface area contributed by atoms with Crippen molar-refractivity contribution in [1.82, 2.24) is 4.98 Å². The molecular weight excluding hydrogens is 282 g/mol. The number of ketones is 2. The van der Waals surface area contributed by atoms with E-state index in [1.54, 1.807) is 30.5 Å². The molecule has 0 fully saturated rings. The molecule has 0 amide bonds. The number of aryl methyl sites for hydroxylation is 1. The minimum absolute atomic E-state index is 0.0970. The first kappa shape index (κ1) is 14.3. The molecule has 5 nitrogen and oxygen atoms in total. The minimum atomic E-state index is -0.118. The topological polar surface area (TPSA) is 65.5 Å². The van der Waals surface area contributed by atoms with Crippen LogP contribution in [0.25, 0.3) is 0 Å². The highest BCUT2D eigenvalue weighted by molar-refractivity contribution is 6.02. The number of fused-ring (bicyclic) bond motifs is 1. The summed E-state index contributed by atoms with van der Waals surface area (Å²) in [4.78, 5) is 28.4. The zero-order valence-electron chi connectivity index (χ0n) is 12.2. The summed E-state index contributed by atoms with van der Waals surface area (Å²) in [6.45, 7) is 2.00. The van der Waals surface area contributed by atoms with Crippen LogP contribution in [-0.4, -0.2) is 23.3 Å². The Balaban J connectivity index is 1.65. The molecule has 2 aromatic rings. The van der Waals surface area contributed by atoms with Gasteiger partial charge in [-0.3, -0.25) is 14.6 Å². The summed E-state index contributed by atoms with van der Waals surface area (Å²) in [6.07, 6.45) is 1.87. The van der Waals surface area contributed by atoms with Gasteiger partial charge in [-0.2, -0.15) is 0 Å². The van der Waals surface area contributed by atoms with Gasteiger partial charge in [0.15, 0.2) is 23.1 Å². The monoisotopic (exact) mass is 297 g/mol. The molecule has 1 aromatic heterocycles. The van der Waals surface area contributed by atoms with E-state index in [4.69, 9.17) is 9.47 Å². The van der Waals surface area contributed by atoms with E-state index < -0.39 is 0 Å². The van der Waals surface area contributed by atoms with Crippen molar-refractivity contribution in [2.24, 2.45) is 0 Å². The molecule has 1 aliphatic heterocycles. The Morgan fingerprint density at radius 3 is 2.68 bits per heavy atom. The highest BCUT2D eigenvalue weighted by atomic mass is 16.7. The van der Waals surface area contributed by atoms with Crippen molar-refractivity contribution in [1.29, 1.82) is 0 Å². The summed E-state index contributed by atoms with van der Waals surface area (Å²) >= 11 is 0. The molecule has 1 aliphatic rings. The van der Waals surface area contributed by atoms with E-state index in [9.17, 15) is 9.59 Å². The second-order valence-electron chi connectivity index (χ2n) is 5.08. The number of nitrogens with zero attached hydrogens (tertiary/aromatic N) is 1. The quantitative estimate of drug-likeness (QED) is 0.794. The maximum Gasteiger partial charge on any atom is 0.231 e. The van der Waals surface area contributed by atoms with Gasteiger partial charge in [-0.05, 0) is 36.8 Å². The standard InChI is InChI=1S/C17H15NO4/c1-11-3-2-8-18-17(11)14(20)6-5-13(19)12-4-7-15-16(9-12)22-10-21-15/h2-4,7-9H,5-6,10H2,1H3. The van der Waals surface area contributed by atoms with Crippen LogP contribution >= 0.6 is 0 Å². The third-order valence-electron chi connectivity index (χ3n) is 3.55. The summed E-state index contributed by atoms with van der Waals surface area (Å²) in [5.41, 5.74) is 1.78. The van der Waals surface area contributed by atoms with Gasteiger partial charge in [0.2, 0.25) is 6.79 Å². The molecule has 3 rings (SSSR count). The summed E-state index contributed by atoms with van der Waals surface area (Å²) in [6, 6.07) is 8.66. The van der Waals surface area contributed by atoms with Gasteiger partial charge in [-0.15, -0.1) is 0 Å². The summed E-state index contributed by atoms with van der Waals surface area (Å²) < 4.78 is 10.5. The zero-order chi connectivity index (χ0) is 15.5. The average molecular weight is 297 g/mol. The number of rotatable bonds is 5. The van der Waals surface area contributed by atoms with Gasteiger partial charge in [0, 0.05) is 24.6 Å². The number of carbonyl (C=O) groups excluding carboxylic acids is 2. The minimum Gasteiger partial charge on any atom is -0.454 e. The van der Waals surface area contributed by atoms with Crippen molar-refractivity contribution in [3.8, 4) is 11.5 Å². The fourth-order valence-corrected chi connectivity index (χ4v) is 2.34. The van der Waals surface area contributed by atoms with Crippen LogP contribution in [0.15, 0.2) is 36.5 Å². The number of aromatic nitrogens is 1. The second kappa shape index (κ2) is 5.97. The predicted molar refractivity (Wildman–Crippen MR) is 79.4 cm³/mol. The Morgan fingerprint density at radius 1 is 1.09 bits per heavy atom. The van der Waals surface area contributed by atoms with Crippen LogP contribution in [-0.2, 0) is 0 Å². The van der Waals surface area contributed by atoms with Crippen LogP contribution in [0.2, 0.25) is 0 Å². The van der Waals surface area contributed by atoms with Crippen LogP contribution in [0.5, 0.6) is 11.5 Å². The van der Waals surface area contributed by atoms with E-state index in [0.717, 1.165) is 5.56 Å². The van der Waals surface area contributed by atoms with Gasteiger partial charge in [0.1, 0.15) is 5.69 Å². The van der Waals surface area contributed by atoms with Crippen LogP contribution in [0.4, 0.5) is 0 Å². The summed E-state index contributed by atoms with van der Waals surface area (Å²) in [7, 11) is 0. The molecule has 5 heteroatoms. The molecule has 0 spiro atoms. The number of benzene rings is 1. The maximum absolute atomic E-state index is 12.2. The number of carbonyl (C=O) groups is 2. The van der Waals surface area contributed by atoms with E-state index in [0.29, 0.717) is 22.8 Å². The number of ether oxygens (including phenoxy) is 2. The van der Waals surface area contributed by atoms with Gasteiger partial charge in [-0.1, -0.05) is 6.07 Å². The molecule has 22 heavy (non-hydrogen) atoms. The summed E-state index contributed by atoms with van der Waals surface area (Å²) in [5.74, 6) is 0.988. The first-order valence-corrected chi connectivity index (χ1v) is 7.03. The molecule has 0 unspecified atom stereocenters. The van der Waals surface area contributed by atoms with Gasteiger partial charge >= 0.3 is 0 Å². The van der Waals surface area contributed by atoms with Gasteiger partial charge in [-0.25, -0.2) is 0 Å². The van der Waals surface area contributed by atoms with Gasteiger partial charge in [0.25, 0.3) is 0 Å². The van der Waals surface area contributed by atoms with Crippen molar-refractivity contribution in [3.05, 3.63) is 53.3 Å². The number of hydrogen-bond donors (Lipinski definition) is 0. The average Bonchev–Trinajstić information content (AvgIpc) is 3.00. The predicted octanol–water partition coefficient (Wildman–Crippen LogP) is 2.96. The van der Waals surface area contributed by atoms with E-state index in [1.807, 2.05) is 13.0 Å². The third-order valence-corrected chi connectivity index (χ3v) is 3.55. The second-order valence-corrected chi connectivity index (χ2v) is 5.08. The van der Waals surface area contributed by atoms with E-state index in [1.165, 1.54) is 0 Å². The van der Waals surface area contributed by atoms with Crippen molar-refractivity contribution < 1.29 is 19.1 Å². The van der Waals surface area contributed by atoms with Crippen LogP contribution in [0.3, 0.4) is 0 Å². The zero-order valence-corrected chi connectivity index (χ0v) is 12.2. The molecule has 0 radical (unpaired) electrons. The van der Waals surface area contributed by atoms with Crippen molar-refractivity contribution in [3.63, 3.8) is 0 Å². The Kier molecular flexibility index (Phi) is 3.87. The Bertz CT molecular complexity index is 739. The molecule has 0 saturated carbocycles. The first-order chi connectivity index (χ1) is 10.6. The van der Waals surface area contributed by atoms with E-state index in [2.05, 4.69) is 4.98 Å². The molecule has 0 atom stereocenters. The largest absolute Gasteiger partial charge is 0.454 e. The molecule has 112 valence electrons. The van der Waals surface area contributed by atoms with Gasteiger partial charge in [0.05, 0.1) is 0 Å². The lowest BCUT2D eigenvalue weighted by Crippen LogP contribution is -2.08. The third kappa shape index (κ3) is 2.83. The molecular formula is C17H15NO4. The molecule has 2 heterocycles. The van der Waals surface area contributed by atoms with Gasteiger partial charge < -0.3 is 9.47 Å². The van der Waals surface area contributed by atoms with Crippen molar-refractivity contribution in [2.75, 3.05) is 6.79 Å². The maximum atomic E-state index is 12.2. The Morgan fingerprint density at radius 2 is 1.86 bits per heavy atom. The summed E-state index contributed by atoms with van der Waals surface area (Å²) in [5, 5.41) is 0. The van der Waals surface area contributed by atoms with E-state index in [-0.39, 0.29) is 31.2 Å². The Hall–Kier alpha value is -2.69. The lowest BCUT2D eigenvalue weighted by atomic mass is 10.0. The molecule has 0 N–H and O–H groups in total. The fourth-order valence-electron chi connectivity index (χ4n) is 2.34. The molecule has 0 bridgehead atoms. The van der Waals surface area contributed by atoms with Crippen molar-refractivity contribution >= 4 is 11.6 Å². The lowest BCUT2D eigenvalue weighted by molar-refractivity contribution is 0.0914.